The van der Waals surface area contributed by atoms with Crippen molar-refractivity contribution in [2.45, 2.75) is 26.8 Å². The molecule has 0 fully saturated rings. The zero-order valence-corrected chi connectivity index (χ0v) is 9.21. The first-order chi connectivity index (χ1) is 5.77. The third kappa shape index (κ3) is 2.34. The van der Waals surface area contributed by atoms with E-state index in [0.29, 0.717) is 0 Å². The molecule has 0 aromatic carbocycles. The van der Waals surface area contributed by atoms with Gasteiger partial charge in [0.05, 0.1) is 0 Å². The average Bonchev–Trinajstić information content (AvgIpc) is 2.47. The van der Waals surface area contributed by atoms with E-state index >= 15 is 0 Å². The Balaban J connectivity index is 2.56. The zero-order valence-electron chi connectivity index (χ0n) is 7.63. The number of aryl methyl sites for hydroxylation is 1. The third-order valence-corrected chi connectivity index (χ3v) is 3.09. The van der Waals surface area contributed by atoms with Crippen LogP contribution in [0.25, 0.3) is 0 Å². The number of rotatable bonds is 4. The molecule has 0 spiro atoms. The maximum absolute atomic E-state index is 4.19. The maximum atomic E-state index is 4.19. The van der Waals surface area contributed by atoms with E-state index < -0.39 is 0 Å². The third-order valence-electron chi connectivity index (χ3n) is 2.17. The van der Waals surface area contributed by atoms with Crippen LogP contribution in [0.2, 0.25) is 0 Å². The lowest BCUT2D eigenvalue weighted by molar-refractivity contribution is 0.472. The maximum Gasteiger partial charge on any atom is 0.105 e. The molecular formula is C9H15BrN2. The van der Waals surface area contributed by atoms with Crippen LogP contribution in [0.4, 0.5) is 0 Å². The van der Waals surface area contributed by atoms with Crippen molar-refractivity contribution < 1.29 is 0 Å². The Kier molecular flexibility index (Phi) is 3.79. The van der Waals surface area contributed by atoms with Gasteiger partial charge in [0.1, 0.15) is 5.82 Å². The Morgan fingerprint density at radius 2 is 2.42 bits per heavy atom. The molecule has 1 heterocycles. The van der Waals surface area contributed by atoms with Crippen molar-refractivity contribution in [3.05, 3.63) is 18.2 Å². The van der Waals surface area contributed by atoms with Crippen LogP contribution in [0.5, 0.6) is 0 Å². The molecule has 2 nitrogen and oxygen atoms in total. The zero-order chi connectivity index (χ0) is 8.97. The summed E-state index contributed by atoms with van der Waals surface area (Å²) in [6.45, 7) is 5.34. The number of imidazole rings is 1. The molecule has 0 radical (unpaired) electrons. The van der Waals surface area contributed by atoms with E-state index in [9.17, 15) is 0 Å². The molecule has 0 bridgehead atoms. The molecule has 1 atom stereocenters. The first kappa shape index (κ1) is 9.78. The minimum Gasteiger partial charge on any atom is -0.335 e. The lowest BCUT2D eigenvalue weighted by Gasteiger charge is -2.12. The monoisotopic (exact) mass is 230 g/mol. The van der Waals surface area contributed by atoms with Gasteiger partial charge in [0.2, 0.25) is 0 Å². The van der Waals surface area contributed by atoms with Crippen LogP contribution in [0.1, 0.15) is 19.2 Å². The van der Waals surface area contributed by atoms with Gasteiger partial charge >= 0.3 is 0 Å². The lowest BCUT2D eigenvalue weighted by atomic mass is 10.1. The second-order valence-electron chi connectivity index (χ2n) is 3.06. The van der Waals surface area contributed by atoms with Crippen molar-refractivity contribution in [2.75, 3.05) is 5.33 Å². The van der Waals surface area contributed by atoms with Gasteiger partial charge in [-0.15, -0.1) is 0 Å². The Morgan fingerprint density at radius 3 is 2.83 bits per heavy atom. The average molecular weight is 231 g/mol. The highest BCUT2D eigenvalue weighted by Crippen LogP contribution is 2.10. The Labute approximate surface area is 82.1 Å². The molecule has 0 saturated carbocycles. The molecule has 1 unspecified atom stereocenters. The molecule has 0 N–H and O–H groups in total. The molecule has 0 aliphatic rings. The van der Waals surface area contributed by atoms with Crippen LogP contribution in [-0.4, -0.2) is 14.9 Å². The summed E-state index contributed by atoms with van der Waals surface area (Å²) >= 11 is 3.51. The molecule has 0 saturated heterocycles. The first-order valence-electron chi connectivity index (χ1n) is 4.31. The second kappa shape index (κ2) is 4.65. The van der Waals surface area contributed by atoms with Gasteiger partial charge in [-0.25, -0.2) is 4.98 Å². The molecule has 0 amide bonds. The summed E-state index contributed by atoms with van der Waals surface area (Å²) in [5.41, 5.74) is 0. The van der Waals surface area contributed by atoms with Gasteiger partial charge in [-0.3, -0.25) is 0 Å². The molecule has 3 heteroatoms. The molecule has 0 aliphatic carbocycles. The number of aromatic nitrogens is 2. The second-order valence-corrected chi connectivity index (χ2v) is 3.70. The van der Waals surface area contributed by atoms with Crippen LogP contribution < -0.4 is 0 Å². The molecule has 1 aromatic rings. The van der Waals surface area contributed by atoms with Crippen molar-refractivity contribution >= 4 is 15.9 Å². The Hall–Kier alpha value is -0.310. The highest BCUT2D eigenvalue weighted by atomic mass is 79.9. The standard InChI is InChI=1S/C9H15BrN2/c1-3-9(6-10)7-12-5-4-11-8(12)2/h4-5,9H,3,6-7H2,1-2H3. The number of hydrogen-bond donors (Lipinski definition) is 0. The summed E-state index contributed by atoms with van der Waals surface area (Å²) in [6, 6.07) is 0. The van der Waals surface area contributed by atoms with E-state index in [2.05, 4.69) is 32.4 Å². The number of halogens is 1. The SMILES string of the molecule is CCC(CBr)Cn1ccnc1C. The van der Waals surface area contributed by atoms with Crippen LogP contribution in [0, 0.1) is 12.8 Å². The van der Waals surface area contributed by atoms with Crippen molar-refractivity contribution in [2.24, 2.45) is 5.92 Å². The Morgan fingerprint density at radius 1 is 1.67 bits per heavy atom. The summed E-state index contributed by atoms with van der Waals surface area (Å²) in [4.78, 5) is 4.19. The fourth-order valence-corrected chi connectivity index (χ4v) is 1.82. The van der Waals surface area contributed by atoms with Crippen LogP contribution >= 0.6 is 15.9 Å². The van der Waals surface area contributed by atoms with Crippen molar-refractivity contribution in [3.63, 3.8) is 0 Å². The van der Waals surface area contributed by atoms with Gasteiger partial charge in [-0.2, -0.15) is 0 Å². The predicted molar refractivity (Wildman–Crippen MR) is 54.5 cm³/mol. The minimum absolute atomic E-state index is 0.720. The summed E-state index contributed by atoms with van der Waals surface area (Å²) in [7, 11) is 0. The lowest BCUT2D eigenvalue weighted by Crippen LogP contribution is -2.11. The summed E-state index contributed by atoms with van der Waals surface area (Å²) < 4.78 is 2.20. The smallest absolute Gasteiger partial charge is 0.105 e. The van der Waals surface area contributed by atoms with Crippen LogP contribution in [0.15, 0.2) is 12.4 Å². The van der Waals surface area contributed by atoms with Crippen molar-refractivity contribution in [1.29, 1.82) is 0 Å². The summed E-state index contributed by atoms with van der Waals surface area (Å²) in [5.74, 6) is 1.83. The predicted octanol–water partition coefficient (Wildman–Crippen LogP) is 2.61. The molecular weight excluding hydrogens is 216 g/mol. The fraction of sp³-hybridized carbons (Fsp3) is 0.667. The molecule has 0 aliphatic heterocycles. The molecule has 68 valence electrons. The molecule has 12 heavy (non-hydrogen) atoms. The fourth-order valence-electron chi connectivity index (χ4n) is 1.16. The summed E-state index contributed by atoms with van der Waals surface area (Å²) in [5, 5.41) is 1.07. The first-order valence-corrected chi connectivity index (χ1v) is 5.43. The van der Waals surface area contributed by atoms with Crippen LogP contribution in [0.3, 0.4) is 0 Å². The van der Waals surface area contributed by atoms with Gasteiger partial charge < -0.3 is 4.57 Å². The highest BCUT2D eigenvalue weighted by molar-refractivity contribution is 9.09. The Bertz CT molecular complexity index is 228. The van der Waals surface area contributed by atoms with E-state index in [1.807, 2.05) is 19.3 Å². The molecule has 1 rings (SSSR count). The number of hydrogen-bond acceptors (Lipinski definition) is 1. The topological polar surface area (TPSA) is 17.8 Å². The highest BCUT2D eigenvalue weighted by Gasteiger charge is 2.06. The normalized spacial score (nSPS) is 13.2. The summed E-state index contributed by atoms with van der Waals surface area (Å²) in [6.07, 6.45) is 5.11. The van der Waals surface area contributed by atoms with E-state index in [0.717, 1.165) is 23.6 Å². The van der Waals surface area contributed by atoms with Gasteiger partial charge in [-0.05, 0) is 12.8 Å². The molecule has 1 aromatic heterocycles. The van der Waals surface area contributed by atoms with Crippen molar-refractivity contribution in [3.8, 4) is 0 Å². The van der Waals surface area contributed by atoms with E-state index in [1.165, 1.54) is 6.42 Å². The van der Waals surface area contributed by atoms with Gasteiger partial charge in [0.15, 0.2) is 0 Å². The largest absolute Gasteiger partial charge is 0.335 e. The quantitative estimate of drug-likeness (QED) is 0.728. The van der Waals surface area contributed by atoms with Crippen molar-refractivity contribution in [1.82, 2.24) is 9.55 Å². The van der Waals surface area contributed by atoms with E-state index in [4.69, 9.17) is 0 Å². The minimum atomic E-state index is 0.720. The number of nitrogens with zero attached hydrogens (tertiary/aromatic N) is 2. The van der Waals surface area contributed by atoms with E-state index in [1.54, 1.807) is 0 Å². The van der Waals surface area contributed by atoms with E-state index in [-0.39, 0.29) is 0 Å². The van der Waals surface area contributed by atoms with Gasteiger partial charge in [0, 0.05) is 24.3 Å². The van der Waals surface area contributed by atoms with Gasteiger partial charge in [-0.1, -0.05) is 29.3 Å². The number of alkyl halides is 1. The van der Waals surface area contributed by atoms with Crippen LogP contribution in [-0.2, 0) is 6.54 Å². The van der Waals surface area contributed by atoms with Gasteiger partial charge in [0.25, 0.3) is 0 Å².